The lowest BCUT2D eigenvalue weighted by Crippen LogP contribution is -2.37. The lowest BCUT2D eigenvalue weighted by Gasteiger charge is -2.39. The van der Waals surface area contributed by atoms with Crippen LogP contribution in [-0.4, -0.2) is 23.9 Å². The Hall–Kier alpha value is -1.58. The van der Waals surface area contributed by atoms with Crippen LogP contribution in [0.5, 0.6) is 0 Å². The molecular weight excluding hydrogens is 236 g/mol. The number of amidine groups is 1. The summed E-state index contributed by atoms with van der Waals surface area (Å²) in [6.45, 7) is 4.71. The third kappa shape index (κ3) is 3.25. The zero-order valence-electron chi connectivity index (χ0n) is 12.1. The first-order chi connectivity index (χ1) is 8.89. The molecule has 0 spiro atoms. The van der Waals surface area contributed by atoms with Gasteiger partial charge >= 0.3 is 0 Å². The maximum Gasteiger partial charge on any atom is 0.141 e. The summed E-state index contributed by atoms with van der Waals surface area (Å²) in [6.07, 6.45) is 6.84. The number of nitrogens with zero attached hydrogens (tertiary/aromatic N) is 2. The Labute approximate surface area is 115 Å². The quantitative estimate of drug-likeness (QED) is 0.648. The number of rotatable bonds is 3. The smallest absolute Gasteiger partial charge is 0.141 e. The molecule has 1 aromatic heterocycles. The van der Waals surface area contributed by atoms with Crippen molar-refractivity contribution in [3.63, 3.8) is 0 Å². The molecule has 1 fully saturated rings. The molecule has 104 valence electrons. The van der Waals surface area contributed by atoms with Gasteiger partial charge < -0.3 is 10.6 Å². The van der Waals surface area contributed by atoms with Gasteiger partial charge in [0.15, 0.2) is 0 Å². The molecule has 0 aromatic carbocycles. The molecule has 0 radical (unpaired) electrons. The second kappa shape index (κ2) is 5.19. The highest BCUT2D eigenvalue weighted by molar-refractivity contribution is 5.93. The van der Waals surface area contributed by atoms with Crippen molar-refractivity contribution < 1.29 is 0 Å². The predicted molar refractivity (Wildman–Crippen MR) is 79.7 cm³/mol. The zero-order chi connectivity index (χ0) is 14.0. The molecule has 2 rings (SSSR count). The fourth-order valence-corrected chi connectivity index (χ4v) is 2.74. The first-order valence-corrected chi connectivity index (χ1v) is 6.92. The van der Waals surface area contributed by atoms with Gasteiger partial charge in [0.25, 0.3) is 0 Å². The Morgan fingerprint density at radius 3 is 2.47 bits per heavy atom. The van der Waals surface area contributed by atoms with Crippen molar-refractivity contribution in [2.45, 2.75) is 45.6 Å². The van der Waals surface area contributed by atoms with Gasteiger partial charge in [-0.3, -0.25) is 10.4 Å². The van der Waals surface area contributed by atoms with Gasteiger partial charge in [-0.1, -0.05) is 13.8 Å². The van der Waals surface area contributed by atoms with E-state index in [9.17, 15) is 0 Å². The molecule has 0 atom stereocenters. The Kier molecular flexibility index (Phi) is 3.78. The van der Waals surface area contributed by atoms with E-state index in [1.54, 1.807) is 0 Å². The molecule has 3 N–H and O–H groups in total. The summed E-state index contributed by atoms with van der Waals surface area (Å²) in [5.41, 5.74) is 7.56. The lowest BCUT2D eigenvalue weighted by atomic mass is 9.75. The van der Waals surface area contributed by atoms with Crippen LogP contribution < -0.4 is 10.6 Å². The van der Waals surface area contributed by atoms with Crippen LogP contribution in [0.25, 0.3) is 0 Å². The van der Waals surface area contributed by atoms with E-state index in [-0.39, 0.29) is 5.84 Å². The first kappa shape index (κ1) is 13.8. The van der Waals surface area contributed by atoms with Crippen molar-refractivity contribution in [3.8, 4) is 0 Å². The van der Waals surface area contributed by atoms with Gasteiger partial charge in [-0.05, 0) is 43.2 Å². The van der Waals surface area contributed by atoms with E-state index in [1.165, 1.54) is 25.7 Å². The highest BCUT2D eigenvalue weighted by Crippen LogP contribution is 2.37. The maximum atomic E-state index is 7.35. The topological polar surface area (TPSA) is 66.0 Å². The summed E-state index contributed by atoms with van der Waals surface area (Å²) in [5.74, 6) is 0.0219. The number of hydrogen-bond acceptors (Lipinski definition) is 3. The average molecular weight is 260 g/mol. The van der Waals surface area contributed by atoms with Crippen LogP contribution in [0.3, 0.4) is 0 Å². The lowest BCUT2D eigenvalue weighted by molar-refractivity contribution is 0.222. The van der Waals surface area contributed by atoms with E-state index in [0.717, 1.165) is 5.69 Å². The summed E-state index contributed by atoms with van der Waals surface area (Å²) in [4.78, 5) is 6.54. The molecule has 1 heterocycles. The molecule has 0 saturated heterocycles. The molecule has 0 amide bonds. The van der Waals surface area contributed by atoms with Crippen LogP contribution in [0.1, 0.15) is 45.2 Å². The Balaban J connectivity index is 2.03. The average Bonchev–Trinajstić information content (AvgIpc) is 2.38. The summed E-state index contributed by atoms with van der Waals surface area (Å²) in [5, 5.41) is 7.35. The number of hydrogen-bond donors (Lipinski definition) is 2. The van der Waals surface area contributed by atoms with Gasteiger partial charge in [-0.2, -0.15) is 0 Å². The van der Waals surface area contributed by atoms with Crippen molar-refractivity contribution in [1.29, 1.82) is 5.41 Å². The number of nitrogens with two attached hydrogens (primary N) is 1. The van der Waals surface area contributed by atoms with E-state index in [4.69, 9.17) is 11.1 Å². The van der Waals surface area contributed by atoms with Crippen molar-refractivity contribution in [3.05, 3.63) is 24.0 Å². The molecule has 19 heavy (non-hydrogen) atoms. The van der Waals surface area contributed by atoms with Crippen molar-refractivity contribution >= 4 is 11.5 Å². The summed E-state index contributed by atoms with van der Waals surface area (Å²) >= 11 is 0. The van der Waals surface area contributed by atoms with E-state index in [0.29, 0.717) is 17.2 Å². The Bertz CT molecular complexity index is 440. The highest BCUT2D eigenvalue weighted by atomic mass is 15.1. The summed E-state index contributed by atoms with van der Waals surface area (Å²) in [7, 11) is 2.13. The molecule has 1 aliphatic rings. The number of nitrogens with one attached hydrogen (secondary N) is 1. The fourth-order valence-electron chi connectivity index (χ4n) is 2.74. The van der Waals surface area contributed by atoms with Gasteiger partial charge in [0, 0.05) is 13.1 Å². The predicted octanol–water partition coefficient (Wildman–Crippen LogP) is 2.77. The van der Waals surface area contributed by atoms with Gasteiger partial charge in [-0.15, -0.1) is 0 Å². The van der Waals surface area contributed by atoms with Gasteiger partial charge in [0.05, 0.1) is 11.9 Å². The second-order valence-corrected chi connectivity index (χ2v) is 6.32. The first-order valence-electron chi connectivity index (χ1n) is 6.92. The molecule has 0 aliphatic heterocycles. The van der Waals surface area contributed by atoms with Crippen LogP contribution in [0, 0.1) is 10.8 Å². The van der Waals surface area contributed by atoms with Crippen LogP contribution in [0.2, 0.25) is 0 Å². The van der Waals surface area contributed by atoms with E-state index in [1.807, 2.05) is 18.3 Å². The van der Waals surface area contributed by atoms with Crippen molar-refractivity contribution in [2.75, 3.05) is 11.9 Å². The van der Waals surface area contributed by atoms with Gasteiger partial charge in [0.2, 0.25) is 0 Å². The van der Waals surface area contributed by atoms with E-state index in [2.05, 4.69) is 30.8 Å². The molecule has 1 aromatic rings. The highest BCUT2D eigenvalue weighted by Gasteiger charge is 2.28. The molecule has 1 saturated carbocycles. The number of pyridine rings is 1. The second-order valence-electron chi connectivity index (χ2n) is 6.32. The van der Waals surface area contributed by atoms with Crippen molar-refractivity contribution in [2.24, 2.45) is 11.1 Å². The Morgan fingerprint density at radius 2 is 2.00 bits per heavy atom. The maximum absolute atomic E-state index is 7.35. The molecule has 0 unspecified atom stereocenters. The summed E-state index contributed by atoms with van der Waals surface area (Å²) < 4.78 is 0. The van der Waals surface area contributed by atoms with Crippen molar-refractivity contribution in [1.82, 2.24) is 4.98 Å². The minimum Gasteiger partial charge on any atom is -0.382 e. The molecule has 4 nitrogen and oxygen atoms in total. The van der Waals surface area contributed by atoms with Gasteiger partial charge in [0.1, 0.15) is 11.5 Å². The minimum atomic E-state index is 0.0219. The fraction of sp³-hybridized carbons (Fsp3) is 0.600. The van der Waals surface area contributed by atoms with Crippen LogP contribution >= 0.6 is 0 Å². The number of anilines is 1. The molecule has 1 aliphatic carbocycles. The molecule has 4 heteroatoms. The monoisotopic (exact) mass is 260 g/mol. The third-order valence-electron chi connectivity index (χ3n) is 4.29. The normalized spacial score (nSPS) is 19.1. The largest absolute Gasteiger partial charge is 0.382 e. The number of aromatic nitrogens is 1. The molecule has 0 bridgehead atoms. The van der Waals surface area contributed by atoms with Gasteiger partial charge in [-0.25, -0.2) is 0 Å². The van der Waals surface area contributed by atoms with Crippen LogP contribution in [-0.2, 0) is 0 Å². The summed E-state index contributed by atoms with van der Waals surface area (Å²) in [6, 6.07) is 4.42. The number of nitrogen functional groups attached to an aromatic ring is 1. The van der Waals surface area contributed by atoms with E-state index < -0.39 is 0 Å². The minimum absolute atomic E-state index is 0.0219. The molecular formula is C15H24N4. The van der Waals surface area contributed by atoms with Crippen LogP contribution in [0.4, 0.5) is 5.69 Å². The van der Waals surface area contributed by atoms with E-state index >= 15 is 0 Å². The SMILES string of the molecule is CN(c1ccc(C(=N)N)nc1)C1CCC(C)(C)CC1. The van der Waals surface area contributed by atoms with Crippen LogP contribution in [0.15, 0.2) is 18.3 Å². The zero-order valence-corrected chi connectivity index (χ0v) is 12.1. The third-order valence-corrected chi connectivity index (χ3v) is 4.29. The standard InChI is InChI=1S/C15H24N4/c1-15(2)8-6-11(7-9-15)19(3)12-4-5-13(14(16)17)18-10-12/h4-5,10-11H,6-9H2,1-3H3,(H3,16,17). The Morgan fingerprint density at radius 1 is 1.37 bits per heavy atom.